The molecule has 4 rings (SSSR count). The molecule has 0 atom stereocenters. The smallest absolute Gasteiger partial charge is 0.248 e. The molecule has 130 valence electrons. The number of ether oxygens (including phenoxy) is 1. The molecule has 6 heteroatoms. The van der Waals surface area contributed by atoms with Gasteiger partial charge in [-0.2, -0.15) is 4.68 Å². The SMILES string of the molecule is COc1ccc2nc3c(cc2c1)c(N)nn3C(=O)CCC1CCCC1. The topological polar surface area (TPSA) is 83.0 Å². The van der Waals surface area contributed by atoms with E-state index in [0.29, 0.717) is 29.2 Å². The number of pyridine rings is 1. The maximum absolute atomic E-state index is 12.7. The van der Waals surface area contributed by atoms with E-state index in [4.69, 9.17) is 10.5 Å². The predicted molar refractivity (Wildman–Crippen MR) is 97.8 cm³/mol. The number of hydrogen-bond acceptors (Lipinski definition) is 5. The zero-order valence-corrected chi connectivity index (χ0v) is 14.4. The molecule has 0 radical (unpaired) electrons. The van der Waals surface area contributed by atoms with Crippen LogP contribution in [-0.4, -0.2) is 27.8 Å². The first-order chi connectivity index (χ1) is 12.2. The van der Waals surface area contributed by atoms with Crippen molar-refractivity contribution >= 4 is 33.7 Å². The molecule has 0 saturated heterocycles. The monoisotopic (exact) mass is 338 g/mol. The van der Waals surface area contributed by atoms with Crippen LogP contribution in [0.5, 0.6) is 5.75 Å². The fourth-order valence-corrected chi connectivity index (χ4v) is 3.74. The van der Waals surface area contributed by atoms with E-state index in [1.165, 1.54) is 30.4 Å². The van der Waals surface area contributed by atoms with Crippen molar-refractivity contribution in [2.24, 2.45) is 5.92 Å². The Hall–Kier alpha value is -2.63. The van der Waals surface area contributed by atoms with Crippen molar-refractivity contribution in [3.63, 3.8) is 0 Å². The Morgan fingerprint density at radius 2 is 2.12 bits per heavy atom. The number of fused-ring (bicyclic) bond motifs is 2. The molecular formula is C19H22N4O2. The lowest BCUT2D eigenvalue weighted by molar-refractivity contribution is 0.0883. The van der Waals surface area contributed by atoms with E-state index in [2.05, 4.69) is 10.1 Å². The number of nitrogens with two attached hydrogens (primary N) is 1. The van der Waals surface area contributed by atoms with E-state index in [1.807, 2.05) is 24.3 Å². The number of carbonyl (C=O) groups excluding carboxylic acids is 1. The van der Waals surface area contributed by atoms with Gasteiger partial charge in [-0.05, 0) is 36.6 Å². The third kappa shape index (κ3) is 2.92. The molecule has 1 fully saturated rings. The number of carbonyl (C=O) groups is 1. The molecule has 2 heterocycles. The van der Waals surface area contributed by atoms with Crippen molar-refractivity contribution in [1.29, 1.82) is 0 Å². The van der Waals surface area contributed by atoms with Gasteiger partial charge in [0.1, 0.15) is 5.75 Å². The molecular weight excluding hydrogens is 316 g/mol. The predicted octanol–water partition coefficient (Wildman–Crippen LogP) is 3.79. The Labute approximate surface area is 146 Å². The summed E-state index contributed by atoms with van der Waals surface area (Å²) in [5.74, 6) is 1.73. The van der Waals surface area contributed by atoms with Gasteiger partial charge >= 0.3 is 0 Å². The molecule has 0 spiro atoms. The molecule has 1 aliphatic carbocycles. The van der Waals surface area contributed by atoms with Gasteiger partial charge in [-0.25, -0.2) is 4.98 Å². The van der Waals surface area contributed by atoms with Gasteiger partial charge in [-0.3, -0.25) is 4.79 Å². The molecule has 0 unspecified atom stereocenters. The molecule has 1 aliphatic rings. The number of rotatable bonds is 4. The van der Waals surface area contributed by atoms with Gasteiger partial charge in [-0.1, -0.05) is 25.7 Å². The molecule has 0 bridgehead atoms. The molecule has 6 nitrogen and oxygen atoms in total. The zero-order valence-electron chi connectivity index (χ0n) is 14.4. The van der Waals surface area contributed by atoms with Gasteiger partial charge < -0.3 is 10.5 Å². The number of aromatic nitrogens is 3. The average molecular weight is 338 g/mol. The van der Waals surface area contributed by atoms with Crippen molar-refractivity contribution in [3.05, 3.63) is 24.3 Å². The van der Waals surface area contributed by atoms with Crippen molar-refractivity contribution in [1.82, 2.24) is 14.8 Å². The summed E-state index contributed by atoms with van der Waals surface area (Å²) in [6.07, 6.45) is 6.45. The molecule has 1 aromatic carbocycles. The first kappa shape index (κ1) is 15.9. The van der Waals surface area contributed by atoms with Gasteiger partial charge in [0.2, 0.25) is 5.91 Å². The highest BCUT2D eigenvalue weighted by Gasteiger charge is 2.20. The second-order valence-electron chi connectivity index (χ2n) is 6.80. The standard InChI is InChI=1S/C19H22N4O2/c1-25-14-7-8-16-13(10-14)11-15-18(20)22-23(19(15)21-16)17(24)9-6-12-4-2-3-5-12/h7-8,10-12H,2-6,9H2,1H3,(H2,20,22). The van der Waals surface area contributed by atoms with Crippen LogP contribution in [0.15, 0.2) is 24.3 Å². The second-order valence-corrected chi connectivity index (χ2v) is 6.80. The van der Waals surface area contributed by atoms with Crippen LogP contribution < -0.4 is 10.5 Å². The fourth-order valence-electron chi connectivity index (χ4n) is 3.74. The highest BCUT2D eigenvalue weighted by Crippen LogP contribution is 2.30. The van der Waals surface area contributed by atoms with Crippen LogP contribution >= 0.6 is 0 Å². The summed E-state index contributed by atoms with van der Waals surface area (Å²) < 4.78 is 6.63. The van der Waals surface area contributed by atoms with Crippen LogP contribution in [0.2, 0.25) is 0 Å². The fraction of sp³-hybridized carbons (Fsp3) is 0.421. The largest absolute Gasteiger partial charge is 0.497 e. The number of nitrogen functional groups attached to an aromatic ring is 1. The highest BCUT2D eigenvalue weighted by atomic mass is 16.5. The minimum Gasteiger partial charge on any atom is -0.497 e. The van der Waals surface area contributed by atoms with Crippen LogP contribution in [-0.2, 0) is 0 Å². The summed E-state index contributed by atoms with van der Waals surface area (Å²) >= 11 is 0. The molecule has 25 heavy (non-hydrogen) atoms. The summed E-state index contributed by atoms with van der Waals surface area (Å²) in [6, 6.07) is 7.56. The summed E-state index contributed by atoms with van der Waals surface area (Å²) in [7, 11) is 1.63. The van der Waals surface area contributed by atoms with Crippen molar-refractivity contribution in [3.8, 4) is 5.75 Å². The summed E-state index contributed by atoms with van der Waals surface area (Å²) in [5.41, 5.74) is 7.36. The van der Waals surface area contributed by atoms with E-state index < -0.39 is 0 Å². The summed E-state index contributed by atoms with van der Waals surface area (Å²) in [5, 5.41) is 5.87. The number of nitrogens with zero attached hydrogens (tertiary/aromatic N) is 3. The first-order valence-electron chi connectivity index (χ1n) is 8.82. The lowest BCUT2D eigenvalue weighted by Gasteiger charge is -2.08. The maximum Gasteiger partial charge on any atom is 0.248 e. The number of anilines is 1. The summed E-state index contributed by atoms with van der Waals surface area (Å²) in [6.45, 7) is 0. The van der Waals surface area contributed by atoms with Crippen LogP contribution in [0, 0.1) is 5.92 Å². The van der Waals surface area contributed by atoms with Gasteiger partial charge in [0.25, 0.3) is 0 Å². The Bertz CT molecular complexity index is 941. The molecule has 1 saturated carbocycles. The Kier molecular flexibility index (Phi) is 4.03. The van der Waals surface area contributed by atoms with E-state index in [1.54, 1.807) is 7.11 Å². The molecule has 3 aromatic rings. The molecule has 0 amide bonds. The van der Waals surface area contributed by atoms with Crippen LogP contribution in [0.25, 0.3) is 21.9 Å². The van der Waals surface area contributed by atoms with Crippen LogP contribution in [0.3, 0.4) is 0 Å². The van der Waals surface area contributed by atoms with E-state index >= 15 is 0 Å². The highest BCUT2D eigenvalue weighted by molar-refractivity contribution is 6.00. The third-order valence-corrected chi connectivity index (χ3v) is 5.16. The number of benzene rings is 1. The average Bonchev–Trinajstić information content (AvgIpc) is 3.26. The Morgan fingerprint density at radius 3 is 2.88 bits per heavy atom. The normalized spacial score (nSPS) is 15.2. The van der Waals surface area contributed by atoms with Crippen molar-refractivity contribution in [2.45, 2.75) is 38.5 Å². The van der Waals surface area contributed by atoms with Crippen LogP contribution in [0.4, 0.5) is 5.82 Å². The summed E-state index contributed by atoms with van der Waals surface area (Å²) in [4.78, 5) is 17.3. The first-order valence-corrected chi connectivity index (χ1v) is 8.82. The van der Waals surface area contributed by atoms with E-state index in [9.17, 15) is 4.79 Å². The van der Waals surface area contributed by atoms with E-state index in [-0.39, 0.29) is 5.91 Å². The lowest BCUT2D eigenvalue weighted by atomic mass is 10.0. The van der Waals surface area contributed by atoms with Gasteiger partial charge in [-0.15, -0.1) is 5.10 Å². The quantitative estimate of drug-likeness (QED) is 0.782. The van der Waals surface area contributed by atoms with Crippen molar-refractivity contribution < 1.29 is 9.53 Å². The molecule has 2 aromatic heterocycles. The third-order valence-electron chi connectivity index (χ3n) is 5.16. The van der Waals surface area contributed by atoms with Crippen molar-refractivity contribution in [2.75, 3.05) is 12.8 Å². The minimum atomic E-state index is -0.0334. The molecule has 2 N–H and O–H groups in total. The van der Waals surface area contributed by atoms with Gasteiger partial charge in [0.05, 0.1) is 18.0 Å². The second kappa shape index (κ2) is 6.35. The Morgan fingerprint density at radius 1 is 1.32 bits per heavy atom. The number of methoxy groups -OCH3 is 1. The minimum absolute atomic E-state index is 0.0334. The van der Waals surface area contributed by atoms with E-state index in [0.717, 1.165) is 23.1 Å². The van der Waals surface area contributed by atoms with Crippen LogP contribution in [0.1, 0.15) is 43.3 Å². The van der Waals surface area contributed by atoms with Gasteiger partial charge in [0, 0.05) is 11.8 Å². The molecule has 0 aliphatic heterocycles. The Balaban J connectivity index is 1.68. The number of hydrogen-bond donors (Lipinski definition) is 1. The lowest BCUT2D eigenvalue weighted by Crippen LogP contribution is -2.14. The maximum atomic E-state index is 12.7. The van der Waals surface area contributed by atoms with Gasteiger partial charge in [0.15, 0.2) is 11.5 Å². The zero-order chi connectivity index (χ0) is 17.4.